The van der Waals surface area contributed by atoms with E-state index in [1.165, 1.54) is 5.56 Å². The van der Waals surface area contributed by atoms with Gasteiger partial charge in [0.05, 0.1) is 5.39 Å². The minimum absolute atomic E-state index is 0.144. The van der Waals surface area contributed by atoms with Gasteiger partial charge in [0.2, 0.25) is 5.71 Å². The number of hydrogen-bond donors (Lipinski definition) is 1. The predicted molar refractivity (Wildman–Crippen MR) is 87.5 cm³/mol. The average molecular weight is 346 g/mol. The van der Waals surface area contributed by atoms with Crippen molar-refractivity contribution in [1.82, 2.24) is 9.97 Å². The van der Waals surface area contributed by atoms with Gasteiger partial charge in [-0.1, -0.05) is 28.1 Å². The summed E-state index contributed by atoms with van der Waals surface area (Å²) in [6.07, 6.45) is 0. The van der Waals surface area contributed by atoms with Crippen LogP contribution in [-0.2, 0) is 0 Å². The molecule has 1 aromatic carbocycles. The minimum Gasteiger partial charge on any atom is -0.443 e. The van der Waals surface area contributed by atoms with Crippen molar-refractivity contribution in [3.05, 3.63) is 52.0 Å². The van der Waals surface area contributed by atoms with Crippen LogP contribution in [0, 0.1) is 13.8 Å². The van der Waals surface area contributed by atoms with E-state index in [0.29, 0.717) is 11.5 Å². The summed E-state index contributed by atoms with van der Waals surface area (Å²) >= 11 is 3.45. The number of hydrogen-bond acceptors (Lipinski definition) is 4. The molecule has 0 aliphatic rings. The SMILES string of the molecule is Cc1nc(N[C@@H](C)c2ccc(Br)cc2)c2cc(C)oc2n1. The monoisotopic (exact) mass is 345 g/mol. The third kappa shape index (κ3) is 2.93. The fourth-order valence-corrected chi connectivity index (χ4v) is 2.56. The van der Waals surface area contributed by atoms with Crippen molar-refractivity contribution in [2.45, 2.75) is 26.8 Å². The van der Waals surface area contributed by atoms with E-state index < -0.39 is 0 Å². The Hall–Kier alpha value is -1.88. The molecule has 0 aliphatic heterocycles. The number of aromatic nitrogens is 2. The highest BCUT2D eigenvalue weighted by molar-refractivity contribution is 9.10. The molecule has 2 heterocycles. The zero-order valence-electron chi connectivity index (χ0n) is 12.1. The van der Waals surface area contributed by atoms with Gasteiger partial charge in [-0.15, -0.1) is 0 Å². The number of furan rings is 1. The van der Waals surface area contributed by atoms with Crippen molar-refractivity contribution in [1.29, 1.82) is 0 Å². The first-order valence-corrected chi connectivity index (χ1v) is 7.59. The molecular formula is C16H16BrN3O. The summed E-state index contributed by atoms with van der Waals surface area (Å²) in [5, 5.41) is 4.37. The summed E-state index contributed by atoms with van der Waals surface area (Å²) in [7, 11) is 0. The van der Waals surface area contributed by atoms with Crippen LogP contribution in [0.25, 0.3) is 11.1 Å². The maximum Gasteiger partial charge on any atom is 0.231 e. The number of benzene rings is 1. The van der Waals surface area contributed by atoms with Gasteiger partial charge in [0.15, 0.2) is 0 Å². The molecule has 0 bridgehead atoms. The molecule has 3 rings (SSSR count). The zero-order valence-corrected chi connectivity index (χ0v) is 13.7. The van der Waals surface area contributed by atoms with Crippen molar-refractivity contribution >= 4 is 32.8 Å². The lowest BCUT2D eigenvalue weighted by atomic mass is 10.1. The third-order valence-corrected chi connectivity index (χ3v) is 3.88. The highest BCUT2D eigenvalue weighted by atomic mass is 79.9. The summed E-state index contributed by atoms with van der Waals surface area (Å²) in [5.41, 5.74) is 1.83. The van der Waals surface area contributed by atoms with Crippen LogP contribution < -0.4 is 5.32 Å². The molecule has 0 saturated heterocycles. The van der Waals surface area contributed by atoms with Crippen LogP contribution in [0.1, 0.15) is 30.1 Å². The lowest BCUT2D eigenvalue weighted by Crippen LogP contribution is -2.09. The third-order valence-electron chi connectivity index (χ3n) is 3.35. The van der Waals surface area contributed by atoms with Gasteiger partial charge in [-0.05, 0) is 44.5 Å². The first-order chi connectivity index (χ1) is 10.0. The van der Waals surface area contributed by atoms with E-state index in [9.17, 15) is 0 Å². The second-order valence-corrected chi connectivity index (χ2v) is 6.03. The van der Waals surface area contributed by atoms with E-state index >= 15 is 0 Å². The van der Waals surface area contributed by atoms with E-state index in [-0.39, 0.29) is 6.04 Å². The van der Waals surface area contributed by atoms with E-state index in [1.807, 2.05) is 32.0 Å². The van der Waals surface area contributed by atoms with Crippen molar-refractivity contribution in [3.8, 4) is 0 Å². The molecule has 0 unspecified atom stereocenters. The van der Waals surface area contributed by atoms with E-state index in [4.69, 9.17) is 4.42 Å². The molecule has 4 nitrogen and oxygen atoms in total. The lowest BCUT2D eigenvalue weighted by molar-refractivity contribution is 0.566. The van der Waals surface area contributed by atoms with Gasteiger partial charge in [-0.25, -0.2) is 4.98 Å². The Labute approximate surface area is 131 Å². The van der Waals surface area contributed by atoms with Gasteiger partial charge in [0.25, 0.3) is 0 Å². The molecule has 0 fully saturated rings. The normalized spacial score (nSPS) is 12.6. The molecular weight excluding hydrogens is 330 g/mol. The Balaban J connectivity index is 1.95. The maximum absolute atomic E-state index is 5.60. The van der Waals surface area contributed by atoms with Crippen LogP contribution in [-0.4, -0.2) is 9.97 Å². The number of nitrogens with zero attached hydrogens (tertiary/aromatic N) is 2. The van der Waals surface area contributed by atoms with Crippen LogP contribution in [0.2, 0.25) is 0 Å². The number of anilines is 1. The van der Waals surface area contributed by atoms with Crippen molar-refractivity contribution in [3.63, 3.8) is 0 Å². The van der Waals surface area contributed by atoms with Crippen molar-refractivity contribution in [2.75, 3.05) is 5.32 Å². The van der Waals surface area contributed by atoms with Gasteiger partial charge in [-0.2, -0.15) is 4.98 Å². The van der Waals surface area contributed by atoms with Gasteiger partial charge >= 0.3 is 0 Å². The zero-order chi connectivity index (χ0) is 15.0. The molecule has 0 saturated carbocycles. The first-order valence-electron chi connectivity index (χ1n) is 6.80. The molecule has 2 aromatic heterocycles. The maximum atomic E-state index is 5.60. The Kier molecular flexibility index (Phi) is 3.68. The van der Waals surface area contributed by atoms with E-state index in [2.05, 4.69) is 50.3 Å². The van der Waals surface area contributed by atoms with E-state index in [1.54, 1.807) is 0 Å². The molecule has 21 heavy (non-hydrogen) atoms. The smallest absolute Gasteiger partial charge is 0.231 e. The highest BCUT2D eigenvalue weighted by Crippen LogP contribution is 2.27. The minimum atomic E-state index is 0.144. The van der Waals surface area contributed by atoms with Crippen molar-refractivity contribution < 1.29 is 4.42 Å². The predicted octanol–water partition coefficient (Wildman–Crippen LogP) is 4.78. The van der Waals surface area contributed by atoms with Gasteiger partial charge in [0.1, 0.15) is 17.4 Å². The summed E-state index contributed by atoms with van der Waals surface area (Å²) < 4.78 is 6.67. The van der Waals surface area contributed by atoms with Crippen LogP contribution >= 0.6 is 15.9 Å². The molecule has 0 radical (unpaired) electrons. The first kappa shape index (κ1) is 14.1. The average Bonchev–Trinajstić information content (AvgIpc) is 2.79. The fourth-order valence-electron chi connectivity index (χ4n) is 2.30. The Morgan fingerprint density at radius 2 is 1.86 bits per heavy atom. The number of fused-ring (bicyclic) bond motifs is 1. The molecule has 0 spiro atoms. The standard InChI is InChI=1S/C16H16BrN3O/c1-9-8-14-15(19-11(3)20-16(14)21-9)18-10(2)12-4-6-13(17)7-5-12/h4-8,10H,1-3H3,(H,18,19,20)/t10-/m0/s1. The molecule has 1 atom stereocenters. The van der Waals surface area contributed by atoms with Gasteiger partial charge in [-0.3, -0.25) is 0 Å². The molecule has 0 aliphatic carbocycles. The number of halogens is 1. The Morgan fingerprint density at radius 1 is 1.14 bits per heavy atom. The summed E-state index contributed by atoms with van der Waals surface area (Å²) in [6, 6.07) is 10.4. The summed E-state index contributed by atoms with van der Waals surface area (Å²) in [5.74, 6) is 2.34. The number of nitrogens with one attached hydrogen (secondary N) is 1. The van der Waals surface area contributed by atoms with Crippen LogP contribution in [0.15, 0.2) is 39.2 Å². The topological polar surface area (TPSA) is 51.0 Å². The van der Waals surface area contributed by atoms with E-state index in [0.717, 1.165) is 21.4 Å². The highest BCUT2D eigenvalue weighted by Gasteiger charge is 2.13. The molecule has 1 N–H and O–H groups in total. The van der Waals surface area contributed by atoms with Gasteiger partial charge in [0, 0.05) is 10.5 Å². The number of aryl methyl sites for hydroxylation is 2. The lowest BCUT2D eigenvalue weighted by Gasteiger charge is -2.15. The summed E-state index contributed by atoms with van der Waals surface area (Å²) in [6.45, 7) is 5.89. The fraction of sp³-hybridized carbons (Fsp3) is 0.250. The van der Waals surface area contributed by atoms with Crippen molar-refractivity contribution in [2.24, 2.45) is 0 Å². The molecule has 5 heteroatoms. The van der Waals surface area contributed by atoms with Crippen LogP contribution in [0.3, 0.4) is 0 Å². The Morgan fingerprint density at radius 3 is 2.57 bits per heavy atom. The second kappa shape index (κ2) is 5.48. The van der Waals surface area contributed by atoms with Crippen LogP contribution in [0.5, 0.6) is 0 Å². The van der Waals surface area contributed by atoms with Crippen LogP contribution in [0.4, 0.5) is 5.82 Å². The number of rotatable bonds is 3. The van der Waals surface area contributed by atoms with Gasteiger partial charge < -0.3 is 9.73 Å². The largest absolute Gasteiger partial charge is 0.443 e. The molecule has 0 amide bonds. The quantitative estimate of drug-likeness (QED) is 0.742. The Bertz CT molecular complexity index is 780. The second-order valence-electron chi connectivity index (χ2n) is 5.11. The molecule has 108 valence electrons. The molecule has 3 aromatic rings. The summed E-state index contributed by atoms with van der Waals surface area (Å²) in [4.78, 5) is 8.83.